The predicted octanol–water partition coefficient (Wildman–Crippen LogP) is 1.67. The van der Waals surface area contributed by atoms with Crippen LogP contribution in [0.3, 0.4) is 0 Å². The van der Waals surface area contributed by atoms with Gasteiger partial charge in [-0.15, -0.1) is 0 Å². The number of rotatable bonds is 4. The SMILES string of the molecule is CC1(C(=O)Nc2ccc(F)c(NS(C)(=O)=O)c2)CCCCN1. The zero-order valence-electron chi connectivity index (χ0n) is 12.6. The molecular weight excluding hydrogens is 309 g/mol. The van der Waals surface area contributed by atoms with Gasteiger partial charge in [0.2, 0.25) is 15.9 Å². The lowest BCUT2D eigenvalue weighted by Crippen LogP contribution is -2.54. The molecule has 122 valence electrons. The van der Waals surface area contributed by atoms with Gasteiger partial charge in [-0.1, -0.05) is 0 Å². The number of benzene rings is 1. The van der Waals surface area contributed by atoms with Crippen LogP contribution >= 0.6 is 0 Å². The number of halogens is 1. The highest BCUT2D eigenvalue weighted by Gasteiger charge is 2.34. The van der Waals surface area contributed by atoms with Crippen molar-refractivity contribution in [1.29, 1.82) is 0 Å². The molecule has 0 radical (unpaired) electrons. The molecule has 6 nitrogen and oxygen atoms in total. The molecule has 3 N–H and O–H groups in total. The molecule has 1 aliphatic rings. The summed E-state index contributed by atoms with van der Waals surface area (Å²) in [6.45, 7) is 2.59. The minimum Gasteiger partial charge on any atom is -0.324 e. The van der Waals surface area contributed by atoms with E-state index in [9.17, 15) is 17.6 Å². The van der Waals surface area contributed by atoms with Gasteiger partial charge in [0.15, 0.2) is 0 Å². The minimum absolute atomic E-state index is 0.193. The van der Waals surface area contributed by atoms with Crippen molar-refractivity contribution in [1.82, 2.24) is 5.32 Å². The standard InChI is InChI=1S/C14H20FN3O3S/c1-14(7-3-4-8-16-14)13(19)17-10-5-6-11(15)12(9-10)18-22(2,20)21/h5-6,9,16,18H,3-4,7-8H2,1-2H3,(H,17,19). The first-order valence-corrected chi connectivity index (χ1v) is 8.93. The van der Waals surface area contributed by atoms with Crippen molar-refractivity contribution in [3.63, 3.8) is 0 Å². The number of anilines is 2. The Bertz CT molecular complexity index is 670. The van der Waals surface area contributed by atoms with Crippen molar-refractivity contribution in [2.75, 3.05) is 22.8 Å². The Morgan fingerprint density at radius 2 is 2.09 bits per heavy atom. The van der Waals surface area contributed by atoms with Gasteiger partial charge in [0.25, 0.3) is 0 Å². The molecular formula is C14H20FN3O3S. The predicted molar refractivity (Wildman–Crippen MR) is 83.8 cm³/mol. The summed E-state index contributed by atoms with van der Waals surface area (Å²) < 4.78 is 38.1. The Morgan fingerprint density at radius 3 is 2.68 bits per heavy atom. The molecule has 1 amide bonds. The van der Waals surface area contributed by atoms with Crippen LogP contribution < -0.4 is 15.4 Å². The van der Waals surface area contributed by atoms with Gasteiger partial charge in [-0.25, -0.2) is 12.8 Å². The van der Waals surface area contributed by atoms with Crippen molar-refractivity contribution in [2.45, 2.75) is 31.7 Å². The Morgan fingerprint density at radius 1 is 1.36 bits per heavy atom. The van der Waals surface area contributed by atoms with Crippen LogP contribution in [0.15, 0.2) is 18.2 Å². The van der Waals surface area contributed by atoms with Gasteiger partial charge in [0.1, 0.15) is 5.82 Å². The summed E-state index contributed by atoms with van der Waals surface area (Å²) in [5, 5.41) is 5.88. The zero-order valence-corrected chi connectivity index (χ0v) is 13.4. The van der Waals surface area contributed by atoms with Crippen molar-refractivity contribution in [3.8, 4) is 0 Å². The molecule has 1 atom stereocenters. The molecule has 1 aliphatic heterocycles. The molecule has 1 aromatic carbocycles. The fourth-order valence-electron chi connectivity index (χ4n) is 2.40. The van der Waals surface area contributed by atoms with Gasteiger partial charge < -0.3 is 10.6 Å². The Balaban J connectivity index is 2.16. The van der Waals surface area contributed by atoms with Gasteiger partial charge in [-0.2, -0.15) is 0 Å². The van der Waals surface area contributed by atoms with Crippen LogP contribution in [0.4, 0.5) is 15.8 Å². The molecule has 1 fully saturated rings. The first-order valence-electron chi connectivity index (χ1n) is 7.03. The molecule has 1 unspecified atom stereocenters. The third-order valence-corrected chi connectivity index (χ3v) is 4.23. The number of sulfonamides is 1. The Hall–Kier alpha value is -1.67. The highest BCUT2D eigenvalue weighted by Crippen LogP contribution is 2.24. The molecule has 0 spiro atoms. The maximum absolute atomic E-state index is 13.6. The highest BCUT2D eigenvalue weighted by atomic mass is 32.2. The van der Waals surface area contributed by atoms with Gasteiger partial charge >= 0.3 is 0 Å². The van der Waals surface area contributed by atoms with Crippen LogP contribution in [0.25, 0.3) is 0 Å². The number of nitrogens with one attached hydrogen (secondary N) is 3. The topological polar surface area (TPSA) is 87.3 Å². The van der Waals surface area contributed by atoms with Gasteiger partial charge in [0.05, 0.1) is 17.5 Å². The summed E-state index contributed by atoms with van der Waals surface area (Å²) in [5.41, 5.74) is -0.523. The minimum atomic E-state index is -3.59. The van der Waals surface area contributed by atoms with Crippen LogP contribution in [-0.2, 0) is 14.8 Å². The number of carbonyl (C=O) groups is 1. The lowest BCUT2D eigenvalue weighted by Gasteiger charge is -2.33. The molecule has 1 aromatic rings. The molecule has 8 heteroatoms. The molecule has 22 heavy (non-hydrogen) atoms. The normalized spacial score (nSPS) is 22.1. The fraction of sp³-hybridized carbons (Fsp3) is 0.500. The Kier molecular flexibility index (Phi) is 4.72. The van der Waals surface area contributed by atoms with Crippen LogP contribution in [0.1, 0.15) is 26.2 Å². The van der Waals surface area contributed by atoms with E-state index in [0.717, 1.165) is 31.7 Å². The van der Waals surface area contributed by atoms with Gasteiger partial charge in [-0.3, -0.25) is 9.52 Å². The van der Waals surface area contributed by atoms with Gasteiger partial charge in [-0.05, 0) is 50.9 Å². The summed E-state index contributed by atoms with van der Waals surface area (Å²) in [5.74, 6) is -0.922. The molecule has 0 saturated carbocycles. The monoisotopic (exact) mass is 329 g/mol. The molecule has 0 aromatic heterocycles. The average molecular weight is 329 g/mol. The van der Waals surface area contributed by atoms with Gasteiger partial charge in [0, 0.05) is 5.69 Å². The second-order valence-corrected chi connectivity index (χ2v) is 7.49. The summed E-state index contributed by atoms with van der Waals surface area (Å²) in [4.78, 5) is 12.4. The molecule has 2 rings (SSSR count). The number of piperidine rings is 1. The lowest BCUT2D eigenvalue weighted by atomic mass is 9.90. The van der Waals surface area contributed by atoms with Crippen LogP contribution in [0, 0.1) is 5.82 Å². The average Bonchev–Trinajstić information content (AvgIpc) is 2.42. The van der Waals surface area contributed by atoms with E-state index in [-0.39, 0.29) is 11.6 Å². The first-order chi connectivity index (χ1) is 10.2. The van der Waals surface area contributed by atoms with E-state index < -0.39 is 21.4 Å². The maximum Gasteiger partial charge on any atom is 0.244 e. The Labute approximate surface area is 129 Å². The van der Waals surface area contributed by atoms with Crippen LogP contribution in [0.5, 0.6) is 0 Å². The van der Waals surface area contributed by atoms with Crippen molar-refractivity contribution in [2.24, 2.45) is 0 Å². The zero-order chi connectivity index (χ0) is 16.4. The summed E-state index contributed by atoms with van der Waals surface area (Å²) >= 11 is 0. The van der Waals surface area contributed by atoms with E-state index in [1.165, 1.54) is 12.1 Å². The quantitative estimate of drug-likeness (QED) is 0.784. The maximum atomic E-state index is 13.6. The second-order valence-electron chi connectivity index (χ2n) is 5.74. The van der Waals surface area contributed by atoms with E-state index in [1.54, 1.807) is 0 Å². The van der Waals surface area contributed by atoms with Crippen molar-refractivity contribution in [3.05, 3.63) is 24.0 Å². The van der Waals surface area contributed by atoms with E-state index in [2.05, 4.69) is 15.4 Å². The summed E-state index contributed by atoms with van der Waals surface area (Å²) in [6, 6.07) is 3.77. The molecule has 1 heterocycles. The second kappa shape index (κ2) is 6.21. The lowest BCUT2D eigenvalue weighted by molar-refractivity contribution is -0.122. The van der Waals surface area contributed by atoms with E-state index in [0.29, 0.717) is 12.1 Å². The van der Waals surface area contributed by atoms with Crippen molar-refractivity contribution < 1.29 is 17.6 Å². The van der Waals surface area contributed by atoms with E-state index in [1.807, 2.05) is 6.92 Å². The summed E-state index contributed by atoms with van der Waals surface area (Å²) in [7, 11) is -3.59. The summed E-state index contributed by atoms with van der Waals surface area (Å²) in [6.07, 6.45) is 3.64. The molecule has 0 aliphatic carbocycles. The number of hydrogen-bond acceptors (Lipinski definition) is 4. The number of hydrogen-bond donors (Lipinski definition) is 3. The smallest absolute Gasteiger partial charge is 0.244 e. The first kappa shape index (κ1) is 16.7. The van der Waals surface area contributed by atoms with Crippen LogP contribution in [-0.4, -0.2) is 32.7 Å². The fourth-order valence-corrected chi connectivity index (χ4v) is 2.96. The van der Waals surface area contributed by atoms with Crippen molar-refractivity contribution >= 4 is 27.3 Å². The van der Waals surface area contributed by atoms with Crippen LogP contribution in [0.2, 0.25) is 0 Å². The number of amides is 1. The third kappa shape index (κ3) is 4.17. The number of carbonyl (C=O) groups excluding carboxylic acids is 1. The molecule has 0 bridgehead atoms. The molecule has 1 saturated heterocycles. The van der Waals surface area contributed by atoms with E-state index >= 15 is 0 Å². The largest absolute Gasteiger partial charge is 0.324 e. The van der Waals surface area contributed by atoms with E-state index in [4.69, 9.17) is 0 Å². The third-order valence-electron chi connectivity index (χ3n) is 3.64. The highest BCUT2D eigenvalue weighted by molar-refractivity contribution is 7.92.